The lowest BCUT2D eigenvalue weighted by Crippen LogP contribution is -2.35. The van der Waals surface area contributed by atoms with E-state index >= 15 is 0 Å². The smallest absolute Gasteiger partial charge is 0.263 e. The summed E-state index contributed by atoms with van der Waals surface area (Å²) in [6.45, 7) is 9.43. The van der Waals surface area contributed by atoms with Crippen LogP contribution >= 0.6 is 11.3 Å². The monoisotopic (exact) mass is 434 g/mol. The third-order valence-corrected chi connectivity index (χ3v) is 6.69. The predicted octanol–water partition coefficient (Wildman–Crippen LogP) is 4.66. The summed E-state index contributed by atoms with van der Waals surface area (Å²) < 4.78 is 0. The van der Waals surface area contributed by atoms with E-state index in [-0.39, 0.29) is 5.91 Å². The largest absolute Gasteiger partial charge is 0.354 e. The zero-order valence-electron chi connectivity index (χ0n) is 18.6. The van der Waals surface area contributed by atoms with Crippen molar-refractivity contribution in [3.05, 3.63) is 74.9 Å². The lowest BCUT2D eigenvalue weighted by Gasteiger charge is -2.26. The molecule has 0 radical (unpaired) electrons. The van der Waals surface area contributed by atoms with Gasteiger partial charge in [-0.2, -0.15) is 0 Å². The molecule has 5 nitrogen and oxygen atoms in total. The first-order valence-electron chi connectivity index (χ1n) is 11.0. The number of thiophene rings is 1. The summed E-state index contributed by atoms with van der Waals surface area (Å²) in [6, 6.07) is 12.6. The molecular formula is C25H30N4OS. The summed E-state index contributed by atoms with van der Waals surface area (Å²) in [4.78, 5) is 27.7. The van der Waals surface area contributed by atoms with Crippen molar-refractivity contribution in [1.82, 2.24) is 14.9 Å². The van der Waals surface area contributed by atoms with Crippen LogP contribution in [0.1, 0.15) is 51.2 Å². The van der Waals surface area contributed by atoms with Crippen molar-refractivity contribution in [3.8, 4) is 0 Å². The number of hydrogen-bond acceptors (Lipinski definition) is 5. The van der Waals surface area contributed by atoms with Gasteiger partial charge < -0.3 is 9.80 Å². The van der Waals surface area contributed by atoms with Crippen molar-refractivity contribution in [2.24, 2.45) is 0 Å². The minimum Gasteiger partial charge on any atom is -0.354 e. The number of anilines is 1. The van der Waals surface area contributed by atoms with Gasteiger partial charge in [-0.05, 0) is 43.7 Å². The highest BCUT2D eigenvalue weighted by molar-refractivity contribution is 7.12. The van der Waals surface area contributed by atoms with E-state index in [1.165, 1.54) is 28.0 Å². The van der Waals surface area contributed by atoms with Gasteiger partial charge in [-0.3, -0.25) is 4.79 Å². The molecule has 1 aliphatic heterocycles. The molecule has 3 aromatic rings. The number of hydrogen-bond donors (Lipinski definition) is 0. The normalized spacial score (nSPS) is 14.5. The van der Waals surface area contributed by atoms with Crippen LogP contribution in [0.15, 0.2) is 41.8 Å². The molecule has 1 amide bonds. The van der Waals surface area contributed by atoms with Crippen LogP contribution in [0.2, 0.25) is 0 Å². The number of rotatable bonds is 5. The molecule has 6 heteroatoms. The Labute approximate surface area is 188 Å². The van der Waals surface area contributed by atoms with Gasteiger partial charge in [-0.1, -0.05) is 42.8 Å². The molecule has 162 valence electrons. The molecule has 3 heterocycles. The molecule has 1 aliphatic rings. The standard InChI is InChI=1S/C25H30N4OS/c1-4-22-21(17-20-10-8-18(2)9-11-20)24(27-19(3)26-22)28-12-6-13-29(15-14-28)25(30)23-7-5-16-31-23/h5,7-11,16H,4,6,12-15,17H2,1-3H3. The summed E-state index contributed by atoms with van der Waals surface area (Å²) in [5, 5.41) is 1.96. The Bertz CT molecular complexity index is 1030. The first-order valence-corrected chi connectivity index (χ1v) is 11.9. The van der Waals surface area contributed by atoms with Gasteiger partial charge in [0.2, 0.25) is 0 Å². The third kappa shape index (κ3) is 4.96. The number of carbonyl (C=O) groups is 1. The van der Waals surface area contributed by atoms with E-state index in [4.69, 9.17) is 9.97 Å². The Morgan fingerprint density at radius 1 is 1.03 bits per heavy atom. The Kier molecular flexibility index (Phi) is 6.66. The van der Waals surface area contributed by atoms with Crippen molar-refractivity contribution in [2.45, 2.75) is 40.0 Å². The van der Waals surface area contributed by atoms with Gasteiger partial charge in [-0.25, -0.2) is 9.97 Å². The van der Waals surface area contributed by atoms with E-state index < -0.39 is 0 Å². The molecule has 0 bridgehead atoms. The van der Waals surface area contributed by atoms with Gasteiger partial charge >= 0.3 is 0 Å². The summed E-state index contributed by atoms with van der Waals surface area (Å²) >= 11 is 1.51. The Morgan fingerprint density at radius 2 is 1.84 bits per heavy atom. The molecule has 2 aromatic heterocycles. The molecule has 0 atom stereocenters. The fourth-order valence-corrected chi connectivity index (χ4v) is 4.86. The second kappa shape index (κ2) is 9.60. The highest BCUT2D eigenvalue weighted by Gasteiger charge is 2.24. The zero-order valence-corrected chi connectivity index (χ0v) is 19.4. The molecular weight excluding hydrogens is 404 g/mol. The fourth-order valence-electron chi connectivity index (χ4n) is 4.17. The summed E-state index contributed by atoms with van der Waals surface area (Å²) in [5.74, 6) is 2.00. The molecule has 4 rings (SSSR count). The van der Waals surface area contributed by atoms with Crippen LogP contribution in [0.25, 0.3) is 0 Å². The predicted molar refractivity (Wildman–Crippen MR) is 127 cm³/mol. The molecule has 1 saturated heterocycles. The first-order chi connectivity index (χ1) is 15.0. The molecule has 0 unspecified atom stereocenters. The van der Waals surface area contributed by atoms with Gasteiger partial charge in [-0.15, -0.1) is 11.3 Å². The van der Waals surface area contributed by atoms with Crippen molar-refractivity contribution >= 4 is 23.1 Å². The quantitative estimate of drug-likeness (QED) is 0.586. The second-order valence-electron chi connectivity index (χ2n) is 8.15. The minimum atomic E-state index is 0.143. The van der Waals surface area contributed by atoms with Crippen molar-refractivity contribution in [1.29, 1.82) is 0 Å². The molecule has 0 spiro atoms. The number of nitrogens with zero attached hydrogens (tertiary/aromatic N) is 4. The van der Waals surface area contributed by atoms with Gasteiger partial charge in [0, 0.05) is 43.9 Å². The average Bonchev–Trinajstić information content (AvgIpc) is 3.20. The van der Waals surface area contributed by atoms with Gasteiger partial charge in [0.25, 0.3) is 5.91 Å². The molecule has 1 fully saturated rings. The van der Waals surface area contributed by atoms with Gasteiger partial charge in [0.15, 0.2) is 0 Å². The maximum atomic E-state index is 12.8. The summed E-state index contributed by atoms with van der Waals surface area (Å²) in [6.07, 6.45) is 2.65. The highest BCUT2D eigenvalue weighted by Crippen LogP contribution is 2.26. The summed E-state index contributed by atoms with van der Waals surface area (Å²) in [5.41, 5.74) is 4.88. The Hall–Kier alpha value is -2.73. The van der Waals surface area contributed by atoms with Crippen LogP contribution in [0, 0.1) is 13.8 Å². The van der Waals surface area contributed by atoms with E-state index in [1.54, 1.807) is 0 Å². The van der Waals surface area contributed by atoms with Crippen LogP contribution in [0.5, 0.6) is 0 Å². The maximum Gasteiger partial charge on any atom is 0.263 e. The van der Waals surface area contributed by atoms with E-state index in [9.17, 15) is 4.79 Å². The number of amides is 1. The van der Waals surface area contributed by atoms with Crippen molar-refractivity contribution in [2.75, 3.05) is 31.1 Å². The van der Waals surface area contributed by atoms with E-state index in [2.05, 4.69) is 43.0 Å². The molecule has 0 N–H and O–H groups in total. The third-order valence-electron chi connectivity index (χ3n) is 5.83. The average molecular weight is 435 g/mol. The van der Waals surface area contributed by atoms with E-state index in [0.717, 1.165) is 61.1 Å². The van der Waals surface area contributed by atoms with Crippen LogP contribution < -0.4 is 4.90 Å². The second-order valence-corrected chi connectivity index (χ2v) is 9.09. The van der Waals surface area contributed by atoms with Crippen LogP contribution in [-0.2, 0) is 12.8 Å². The molecule has 31 heavy (non-hydrogen) atoms. The maximum absolute atomic E-state index is 12.8. The first kappa shape index (κ1) is 21.5. The van der Waals surface area contributed by atoms with Gasteiger partial charge in [0.05, 0.1) is 4.88 Å². The number of carbonyl (C=O) groups excluding carboxylic acids is 1. The minimum absolute atomic E-state index is 0.143. The Morgan fingerprint density at radius 3 is 2.55 bits per heavy atom. The highest BCUT2D eigenvalue weighted by atomic mass is 32.1. The lowest BCUT2D eigenvalue weighted by molar-refractivity contribution is 0.0772. The molecule has 1 aromatic carbocycles. The SMILES string of the molecule is CCc1nc(C)nc(N2CCCN(C(=O)c3cccs3)CC2)c1Cc1ccc(C)cc1. The van der Waals surface area contributed by atoms with Crippen molar-refractivity contribution in [3.63, 3.8) is 0 Å². The topological polar surface area (TPSA) is 49.3 Å². The Balaban J connectivity index is 1.60. The van der Waals surface area contributed by atoms with Gasteiger partial charge in [0.1, 0.15) is 11.6 Å². The van der Waals surface area contributed by atoms with E-state index in [0.29, 0.717) is 6.54 Å². The number of benzene rings is 1. The van der Waals surface area contributed by atoms with Crippen LogP contribution in [0.3, 0.4) is 0 Å². The molecule has 0 aliphatic carbocycles. The summed E-state index contributed by atoms with van der Waals surface area (Å²) in [7, 11) is 0. The number of aromatic nitrogens is 2. The number of aryl methyl sites for hydroxylation is 3. The van der Waals surface area contributed by atoms with Crippen LogP contribution in [-0.4, -0.2) is 47.0 Å². The lowest BCUT2D eigenvalue weighted by atomic mass is 10.0. The van der Waals surface area contributed by atoms with Crippen molar-refractivity contribution < 1.29 is 4.79 Å². The zero-order chi connectivity index (χ0) is 21.8. The fraction of sp³-hybridized carbons (Fsp3) is 0.400. The van der Waals surface area contributed by atoms with Crippen LogP contribution in [0.4, 0.5) is 5.82 Å². The molecule has 0 saturated carbocycles. The van der Waals surface area contributed by atoms with E-state index in [1.807, 2.05) is 29.3 Å².